The van der Waals surface area contributed by atoms with Gasteiger partial charge in [-0.05, 0) is 49.7 Å². The second kappa shape index (κ2) is 8.65. The van der Waals surface area contributed by atoms with Crippen molar-refractivity contribution in [2.24, 2.45) is 0 Å². The molecule has 0 amide bonds. The van der Waals surface area contributed by atoms with E-state index in [1.807, 2.05) is 30.3 Å². The Morgan fingerprint density at radius 2 is 1.74 bits per heavy atom. The molecule has 1 atom stereocenters. The van der Waals surface area contributed by atoms with E-state index in [-0.39, 0.29) is 23.0 Å². The first-order valence-corrected chi connectivity index (χ1v) is 10.6. The van der Waals surface area contributed by atoms with Gasteiger partial charge in [0.05, 0.1) is 10.5 Å². The van der Waals surface area contributed by atoms with E-state index in [1.54, 1.807) is 0 Å². The maximum absolute atomic E-state index is 12.7. The molecule has 0 bridgehead atoms. The highest BCUT2D eigenvalue weighted by molar-refractivity contribution is 7.89. The average molecular weight is 388 g/mol. The third kappa shape index (κ3) is 4.94. The maximum atomic E-state index is 12.7. The van der Waals surface area contributed by atoms with Gasteiger partial charge in [0.25, 0.3) is 0 Å². The van der Waals surface area contributed by atoms with E-state index in [0.717, 1.165) is 31.5 Å². The van der Waals surface area contributed by atoms with Gasteiger partial charge in [0.15, 0.2) is 0 Å². The number of hydrogen-bond acceptors (Lipinski definition) is 4. The lowest BCUT2D eigenvalue weighted by atomic mass is 10.0. The fraction of sp³-hybridized carbons (Fsp3) is 0.350. The van der Waals surface area contributed by atoms with Gasteiger partial charge in [-0.1, -0.05) is 42.8 Å². The topological polar surface area (TPSA) is 86.7 Å². The van der Waals surface area contributed by atoms with Crippen LogP contribution < -0.4 is 4.72 Å². The fourth-order valence-corrected chi connectivity index (χ4v) is 4.52. The van der Waals surface area contributed by atoms with Crippen molar-refractivity contribution in [2.45, 2.75) is 30.2 Å². The summed E-state index contributed by atoms with van der Waals surface area (Å²) in [6, 6.07) is 15.2. The Morgan fingerprint density at radius 1 is 1.04 bits per heavy atom. The molecule has 0 aliphatic carbocycles. The molecule has 2 aromatic carbocycles. The van der Waals surface area contributed by atoms with Crippen LogP contribution >= 0.6 is 0 Å². The van der Waals surface area contributed by atoms with Crippen molar-refractivity contribution in [2.75, 3.05) is 19.6 Å². The number of nitrogens with zero attached hydrogens (tertiary/aromatic N) is 1. The van der Waals surface area contributed by atoms with Crippen LogP contribution in [0.4, 0.5) is 0 Å². The summed E-state index contributed by atoms with van der Waals surface area (Å²) < 4.78 is 28.1. The molecule has 1 saturated heterocycles. The number of piperidine rings is 1. The minimum Gasteiger partial charge on any atom is -0.478 e. The highest BCUT2D eigenvalue weighted by atomic mass is 32.2. The van der Waals surface area contributed by atoms with Gasteiger partial charge >= 0.3 is 5.97 Å². The van der Waals surface area contributed by atoms with Gasteiger partial charge in [-0.15, -0.1) is 0 Å². The zero-order valence-corrected chi connectivity index (χ0v) is 15.9. The molecule has 0 aromatic heterocycles. The first kappa shape index (κ1) is 19.5. The van der Waals surface area contributed by atoms with Crippen LogP contribution in [0.1, 0.15) is 41.2 Å². The molecule has 0 saturated carbocycles. The lowest BCUT2D eigenvalue weighted by Gasteiger charge is -2.35. The summed E-state index contributed by atoms with van der Waals surface area (Å²) in [6.07, 6.45) is 3.42. The number of benzene rings is 2. The molecule has 2 aromatic rings. The Balaban J connectivity index is 1.80. The second-order valence-corrected chi connectivity index (χ2v) is 8.47. The van der Waals surface area contributed by atoms with Gasteiger partial charge in [-0.25, -0.2) is 17.9 Å². The normalized spacial score (nSPS) is 16.7. The summed E-state index contributed by atoms with van der Waals surface area (Å²) in [5, 5.41) is 9.09. The van der Waals surface area contributed by atoms with Crippen LogP contribution in [0.5, 0.6) is 0 Å². The quantitative estimate of drug-likeness (QED) is 0.762. The smallest absolute Gasteiger partial charge is 0.335 e. The lowest BCUT2D eigenvalue weighted by molar-refractivity contribution is 0.0696. The molecule has 3 rings (SSSR count). The molecule has 27 heavy (non-hydrogen) atoms. The number of carbonyl (C=O) groups is 1. The summed E-state index contributed by atoms with van der Waals surface area (Å²) in [7, 11) is -3.80. The predicted octanol–water partition coefficient (Wildman–Crippen LogP) is 2.89. The van der Waals surface area contributed by atoms with Crippen LogP contribution in [0.15, 0.2) is 59.5 Å². The molecule has 0 radical (unpaired) electrons. The van der Waals surface area contributed by atoms with Crippen molar-refractivity contribution >= 4 is 16.0 Å². The predicted molar refractivity (Wildman–Crippen MR) is 103 cm³/mol. The van der Waals surface area contributed by atoms with Gasteiger partial charge in [0.1, 0.15) is 0 Å². The summed E-state index contributed by atoms with van der Waals surface area (Å²) in [5.41, 5.74) is 1.02. The Bertz CT molecular complexity index is 878. The van der Waals surface area contributed by atoms with Crippen molar-refractivity contribution in [3.05, 3.63) is 65.7 Å². The number of likely N-dealkylation sites (tertiary alicyclic amines) is 1. The Morgan fingerprint density at radius 3 is 2.41 bits per heavy atom. The zero-order valence-electron chi connectivity index (χ0n) is 15.0. The second-order valence-electron chi connectivity index (χ2n) is 6.71. The van der Waals surface area contributed by atoms with E-state index in [0.29, 0.717) is 0 Å². The minimum atomic E-state index is -3.80. The van der Waals surface area contributed by atoms with Gasteiger partial charge in [0, 0.05) is 12.6 Å². The molecule has 1 aliphatic rings. The molecular formula is C20H24N2O4S. The summed E-state index contributed by atoms with van der Waals surface area (Å²) in [5.74, 6) is -1.15. The highest BCUT2D eigenvalue weighted by Gasteiger charge is 2.25. The summed E-state index contributed by atoms with van der Waals surface area (Å²) in [4.78, 5) is 13.4. The van der Waals surface area contributed by atoms with Crippen LogP contribution in [0, 0.1) is 0 Å². The number of carboxylic acids is 1. The first-order chi connectivity index (χ1) is 13.0. The third-order valence-corrected chi connectivity index (χ3v) is 6.30. The Hall–Kier alpha value is -2.22. The van der Waals surface area contributed by atoms with Crippen LogP contribution in [0.25, 0.3) is 0 Å². The average Bonchev–Trinajstić information content (AvgIpc) is 2.70. The molecule has 1 unspecified atom stereocenters. The molecule has 144 valence electrons. The molecule has 1 heterocycles. The number of carboxylic acid groups (broad SMARTS) is 1. The highest BCUT2D eigenvalue weighted by Crippen LogP contribution is 2.24. The van der Waals surface area contributed by atoms with E-state index in [9.17, 15) is 13.2 Å². The molecule has 0 spiro atoms. The SMILES string of the molecule is O=C(O)c1cccc(S(=O)(=O)NCC(c2ccccc2)N2CCCCC2)c1. The van der Waals surface area contributed by atoms with Crippen LogP contribution in [-0.2, 0) is 10.0 Å². The van der Waals surface area contributed by atoms with Crippen molar-refractivity contribution in [1.29, 1.82) is 0 Å². The van der Waals surface area contributed by atoms with Crippen molar-refractivity contribution < 1.29 is 18.3 Å². The van der Waals surface area contributed by atoms with E-state index < -0.39 is 16.0 Å². The van der Waals surface area contributed by atoms with Crippen LogP contribution in [-0.4, -0.2) is 44.0 Å². The molecular weight excluding hydrogens is 364 g/mol. The summed E-state index contributed by atoms with van der Waals surface area (Å²) >= 11 is 0. The molecule has 7 heteroatoms. The molecule has 1 aliphatic heterocycles. The summed E-state index contributed by atoms with van der Waals surface area (Å²) in [6.45, 7) is 2.12. The van der Waals surface area contributed by atoms with Gasteiger partial charge in [0.2, 0.25) is 10.0 Å². The maximum Gasteiger partial charge on any atom is 0.335 e. The Kier molecular flexibility index (Phi) is 6.26. The van der Waals surface area contributed by atoms with Gasteiger partial charge in [-0.2, -0.15) is 0 Å². The standard InChI is InChI=1S/C20H24N2O4S/c23-20(24)17-10-7-11-18(14-17)27(25,26)21-15-19(16-8-3-1-4-9-16)22-12-5-2-6-13-22/h1,3-4,7-11,14,19,21H,2,5-6,12-13,15H2,(H,23,24). The van der Waals surface area contributed by atoms with Crippen LogP contribution in [0.3, 0.4) is 0 Å². The third-order valence-electron chi connectivity index (χ3n) is 4.87. The number of hydrogen-bond donors (Lipinski definition) is 2. The van der Waals surface area contributed by atoms with Crippen molar-refractivity contribution in [3.8, 4) is 0 Å². The first-order valence-electron chi connectivity index (χ1n) is 9.09. The number of sulfonamides is 1. The lowest BCUT2D eigenvalue weighted by Crippen LogP contribution is -2.40. The number of nitrogens with one attached hydrogen (secondary N) is 1. The van der Waals surface area contributed by atoms with E-state index in [1.165, 1.54) is 30.7 Å². The van der Waals surface area contributed by atoms with Crippen molar-refractivity contribution in [3.63, 3.8) is 0 Å². The molecule has 2 N–H and O–H groups in total. The van der Waals surface area contributed by atoms with E-state index in [4.69, 9.17) is 5.11 Å². The van der Waals surface area contributed by atoms with Gasteiger partial charge < -0.3 is 5.11 Å². The zero-order chi connectivity index (χ0) is 19.3. The largest absolute Gasteiger partial charge is 0.478 e. The Labute approximate surface area is 159 Å². The van der Waals surface area contributed by atoms with E-state index >= 15 is 0 Å². The fourth-order valence-electron chi connectivity index (χ4n) is 3.43. The minimum absolute atomic E-state index is 0.0344. The van der Waals surface area contributed by atoms with E-state index in [2.05, 4.69) is 9.62 Å². The number of rotatable bonds is 7. The molecule has 6 nitrogen and oxygen atoms in total. The van der Waals surface area contributed by atoms with Gasteiger partial charge in [-0.3, -0.25) is 4.90 Å². The monoisotopic (exact) mass is 388 g/mol. The molecule has 1 fully saturated rings. The number of aromatic carboxylic acids is 1. The van der Waals surface area contributed by atoms with Crippen LogP contribution in [0.2, 0.25) is 0 Å². The van der Waals surface area contributed by atoms with Crippen molar-refractivity contribution in [1.82, 2.24) is 9.62 Å².